The van der Waals surface area contributed by atoms with E-state index in [9.17, 15) is 4.79 Å². The molecule has 5 heteroatoms. The third-order valence-corrected chi connectivity index (χ3v) is 6.96. The Morgan fingerprint density at radius 3 is 2.42 bits per heavy atom. The number of ether oxygens (including phenoxy) is 1. The molecule has 5 aromatic rings. The van der Waals surface area contributed by atoms with E-state index in [1.165, 1.54) is 27.6 Å². The van der Waals surface area contributed by atoms with Crippen molar-refractivity contribution in [1.29, 1.82) is 0 Å². The number of pyridine rings is 1. The molecule has 0 aliphatic carbocycles. The molecule has 2 aromatic heterocycles. The fourth-order valence-electron chi connectivity index (χ4n) is 5.02. The summed E-state index contributed by atoms with van der Waals surface area (Å²) in [5, 5.41) is 4.32. The van der Waals surface area contributed by atoms with Crippen molar-refractivity contribution >= 4 is 16.8 Å². The van der Waals surface area contributed by atoms with Crippen LogP contribution >= 0.6 is 0 Å². The molecule has 0 aliphatic rings. The smallest absolute Gasteiger partial charge is 0.220 e. The van der Waals surface area contributed by atoms with Gasteiger partial charge in [0.1, 0.15) is 5.75 Å². The molecule has 0 saturated heterocycles. The van der Waals surface area contributed by atoms with Crippen molar-refractivity contribution in [3.05, 3.63) is 132 Å². The zero-order chi connectivity index (χ0) is 26.2. The van der Waals surface area contributed by atoms with Gasteiger partial charge < -0.3 is 14.6 Å². The van der Waals surface area contributed by atoms with E-state index in [2.05, 4.69) is 81.7 Å². The van der Waals surface area contributed by atoms with Gasteiger partial charge in [-0.15, -0.1) is 0 Å². The lowest BCUT2D eigenvalue weighted by Crippen LogP contribution is -2.27. The lowest BCUT2D eigenvalue weighted by molar-refractivity contribution is -0.121. The molecule has 5 rings (SSSR count). The molecule has 0 bridgehead atoms. The highest BCUT2D eigenvalue weighted by Gasteiger charge is 2.21. The van der Waals surface area contributed by atoms with Gasteiger partial charge in [0.15, 0.2) is 0 Å². The fourth-order valence-corrected chi connectivity index (χ4v) is 5.02. The minimum absolute atomic E-state index is 0.0502. The minimum Gasteiger partial charge on any atom is -0.497 e. The molecule has 0 spiro atoms. The summed E-state index contributed by atoms with van der Waals surface area (Å²) in [7, 11) is 1.68. The number of para-hydroxylation sites is 1. The third kappa shape index (κ3) is 6.30. The average molecular weight is 504 g/mol. The highest BCUT2D eigenvalue weighted by atomic mass is 16.5. The first-order valence-corrected chi connectivity index (χ1v) is 13.1. The van der Waals surface area contributed by atoms with Gasteiger partial charge in [-0.05, 0) is 59.4 Å². The molecule has 0 aliphatic heterocycles. The van der Waals surface area contributed by atoms with Crippen molar-refractivity contribution in [1.82, 2.24) is 14.9 Å². The van der Waals surface area contributed by atoms with Gasteiger partial charge >= 0.3 is 0 Å². The molecule has 2 heterocycles. The van der Waals surface area contributed by atoms with Crippen LogP contribution in [-0.2, 0) is 24.2 Å². The van der Waals surface area contributed by atoms with Crippen LogP contribution in [0.15, 0.2) is 109 Å². The summed E-state index contributed by atoms with van der Waals surface area (Å²) in [6, 6.07) is 33.0. The van der Waals surface area contributed by atoms with Crippen LogP contribution in [0.4, 0.5) is 0 Å². The number of aromatic nitrogens is 2. The van der Waals surface area contributed by atoms with Crippen LogP contribution in [0.5, 0.6) is 5.75 Å². The van der Waals surface area contributed by atoms with Crippen molar-refractivity contribution in [2.45, 2.75) is 31.7 Å². The van der Waals surface area contributed by atoms with Gasteiger partial charge in [-0.1, -0.05) is 66.7 Å². The second-order valence-electron chi connectivity index (χ2n) is 9.59. The van der Waals surface area contributed by atoms with E-state index >= 15 is 0 Å². The summed E-state index contributed by atoms with van der Waals surface area (Å²) in [5.41, 5.74) is 5.79. The molecule has 192 valence electrons. The minimum atomic E-state index is 0.0502. The summed E-state index contributed by atoms with van der Waals surface area (Å²) >= 11 is 0. The number of nitrogens with one attached hydrogen (secondary N) is 1. The second-order valence-corrected chi connectivity index (χ2v) is 9.59. The number of methoxy groups -OCH3 is 1. The van der Waals surface area contributed by atoms with E-state index in [4.69, 9.17) is 4.74 Å². The third-order valence-electron chi connectivity index (χ3n) is 6.96. The van der Waals surface area contributed by atoms with Crippen LogP contribution < -0.4 is 10.1 Å². The molecule has 38 heavy (non-hydrogen) atoms. The van der Waals surface area contributed by atoms with Gasteiger partial charge in [0.2, 0.25) is 5.91 Å². The quantitative estimate of drug-likeness (QED) is 0.235. The van der Waals surface area contributed by atoms with Crippen molar-refractivity contribution in [3.63, 3.8) is 0 Å². The maximum absolute atomic E-state index is 13.2. The van der Waals surface area contributed by atoms with E-state index in [0.29, 0.717) is 13.0 Å². The van der Waals surface area contributed by atoms with Crippen LogP contribution in [-0.4, -0.2) is 29.1 Å². The largest absolute Gasteiger partial charge is 0.497 e. The van der Waals surface area contributed by atoms with Crippen LogP contribution in [0.2, 0.25) is 0 Å². The standard InChI is InChI=1S/C33H33N3O2/c1-38-29-16-14-26(15-17-29)23-36-24-31(30-12-5-6-13-32(30)36)27(21-25-9-3-2-4-10-25)22-33(37)35-20-18-28-11-7-8-19-34-28/h2-17,19,24,27H,18,20-23H2,1H3,(H,35,37). The second kappa shape index (κ2) is 12.2. The van der Waals surface area contributed by atoms with Gasteiger partial charge in [0.25, 0.3) is 0 Å². The average Bonchev–Trinajstić information content (AvgIpc) is 3.32. The molecule has 1 unspecified atom stereocenters. The summed E-state index contributed by atoms with van der Waals surface area (Å²) in [5.74, 6) is 0.965. The molecule has 1 amide bonds. The Morgan fingerprint density at radius 1 is 0.895 bits per heavy atom. The normalized spacial score (nSPS) is 11.8. The summed E-state index contributed by atoms with van der Waals surface area (Å²) < 4.78 is 7.62. The van der Waals surface area contributed by atoms with E-state index in [1.54, 1.807) is 13.3 Å². The summed E-state index contributed by atoms with van der Waals surface area (Å²) in [4.78, 5) is 17.5. The number of fused-ring (bicyclic) bond motifs is 1. The number of benzene rings is 3. The van der Waals surface area contributed by atoms with Gasteiger partial charge in [-0.3, -0.25) is 9.78 Å². The van der Waals surface area contributed by atoms with E-state index in [1.807, 2.05) is 36.4 Å². The monoisotopic (exact) mass is 503 g/mol. The number of carbonyl (C=O) groups excluding carboxylic acids is 1. The SMILES string of the molecule is COc1ccc(Cn2cc(C(CC(=O)NCCc3ccccn3)Cc3ccccc3)c3ccccc32)cc1. The molecule has 5 nitrogen and oxygen atoms in total. The zero-order valence-electron chi connectivity index (χ0n) is 21.7. The summed E-state index contributed by atoms with van der Waals surface area (Å²) in [6.07, 6.45) is 5.97. The molecular weight excluding hydrogens is 470 g/mol. The highest BCUT2D eigenvalue weighted by molar-refractivity contribution is 5.86. The molecule has 0 saturated carbocycles. The molecule has 1 atom stereocenters. The maximum atomic E-state index is 13.2. The molecule has 3 aromatic carbocycles. The van der Waals surface area contributed by atoms with Gasteiger partial charge in [0, 0.05) is 54.9 Å². The number of nitrogens with zero attached hydrogens (tertiary/aromatic N) is 2. The predicted molar refractivity (Wildman–Crippen MR) is 152 cm³/mol. The molecule has 0 fully saturated rings. The lowest BCUT2D eigenvalue weighted by atomic mass is 9.88. The molecular formula is C33H33N3O2. The van der Waals surface area contributed by atoms with Crippen LogP contribution in [0, 0.1) is 0 Å². The van der Waals surface area contributed by atoms with Crippen LogP contribution in [0.1, 0.15) is 34.7 Å². The predicted octanol–water partition coefficient (Wildman–Crippen LogP) is 6.17. The van der Waals surface area contributed by atoms with Crippen molar-refractivity contribution < 1.29 is 9.53 Å². The van der Waals surface area contributed by atoms with Crippen molar-refractivity contribution in [3.8, 4) is 5.75 Å². The Kier molecular flexibility index (Phi) is 8.14. The van der Waals surface area contributed by atoms with Gasteiger partial charge in [-0.25, -0.2) is 0 Å². The number of hydrogen-bond acceptors (Lipinski definition) is 3. The number of amides is 1. The van der Waals surface area contributed by atoms with Gasteiger partial charge in [-0.2, -0.15) is 0 Å². The Hall–Kier alpha value is -4.38. The number of carbonyl (C=O) groups is 1. The Labute approximate surface area is 224 Å². The molecule has 1 N–H and O–H groups in total. The lowest BCUT2D eigenvalue weighted by Gasteiger charge is -2.17. The Bertz CT molecular complexity index is 1460. The summed E-state index contributed by atoms with van der Waals surface area (Å²) in [6.45, 7) is 1.33. The van der Waals surface area contributed by atoms with Crippen molar-refractivity contribution in [2.75, 3.05) is 13.7 Å². The van der Waals surface area contributed by atoms with Crippen LogP contribution in [0.3, 0.4) is 0 Å². The van der Waals surface area contributed by atoms with Gasteiger partial charge in [0.05, 0.1) is 7.11 Å². The number of rotatable bonds is 11. The zero-order valence-corrected chi connectivity index (χ0v) is 21.7. The Morgan fingerprint density at radius 2 is 1.66 bits per heavy atom. The maximum Gasteiger partial charge on any atom is 0.220 e. The van der Waals surface area contributed by atoms with E-state index < -0.39 is 0 Å². The van der Waals surface area contributed by atoms with Crippen molar-refractivity contribution in [2.24, 2.45) is 0 Å². The first kappa shape index (κ1) is 25.3. The first-order chi connectivity index (χ1) is 18.7. The van der Waals surface area contributed by atoms with E-state index in [0.717, 1.165) is 30.8 Å². The van der Waals surface area contributed by atoms with E-state index in [-0.39, 0.29) is 11.8 Å². The highest BCUT2D eigenvalue weighted by Crippen LogP contribution is 2.33. The Balaban J connectivity index is 1.39. The van der Waals surface area contributed by atoms with Crippen LogP contribution in [0.25, 0.3) is 10.9 Å². The topological polar surface area (TPSA) is 56.1 Å². The number of hydrogen-bond donors (Lipinski definition) is 1. The molecule has 0 radical (unpaired) electrons. The fraction of sp³-hybridized carbons (Fsp3) is 0.212. The first-order valence-electron chi connectivity index (χ1n) is 13.1.